The highest BCUT2D eigenvalue weighted by atomic mass is 35.5. The van der Waals surface area contributed by atoms with E-state index in [1.165, 1.54) is 6.07 Å². The molecule has 8 heteroatoms. The molecule has 2 heterocycles. The van der Waals surface area contributed by atoms with Gasteiger partial charge in [-0.3, -0.25) is 9.89 Å². The number of hydrogen-bond acceptors (Lipinski definition) is 3. The van der Waals surface area contributed by atoms with Crippen LogP contribution in [-0.2, 0) is 0 Å². The molecule has 0 aliphatic rings. The monoisotopic (exact) mass is 355 g/mol. The first-order valence-electron chi connectivity index (χ1n) is 6.10. The topological polar surface area (TPSA) is 57.8 Å². The van der Waals surface area contributed by atoms with Gasteiger partial charge in [-0.1, -0.05) is 29.3 Å². The highest BCUT2D eigenvalue weighted by Crippen LogP contribution is 2.27. The number of anilines is 1. The molecule has 3 rings (SSSR count). The van der Waals surface area contributed by atoms with Crippen LogP contribution < -0.4 is 5.32 Å². The Morgan fingerprint density at radius 3 is 2.82 bits per heavy atom. The van der Waals surface area contributed by atoms with Gasteiger partial charge in [0, 0.05) is 6.07 Å². The summed E-state index contributed by atoms with van der Waals surface area (Å²) in [5.74, 6) is -0.956. The van der Waals surface area contributed by atoms with Crippen molar-refractivity contribution in [3.63, 3.8) is 0 Å². The minimum atomic E-state index is -0.711. The molecule has 0 saturated carbocycles. The van der Waals surface area contributed by atoms with Gasteiger partial charge in [0.05, 0.1) is 26.2 Å². The fourth-order valence-corrected chi connectivity index (χ4v) is 2.99. The minimum Gasteiger partial charge on any atom is -0.305 e. The molecule has 0 saturated heterocycles. The summed E-state index contributed by atoms with van der Waals surface area (Å²) >= 11 is 13.1. The smallest absolute Gasteiger partial charge is 0.258 e. The zero-order valence-electron chi connectivity index (χ0n) is 10.9. The highest BCUT2D eigenvalue weighted by molar-refractivity contribution is 7.13. The molecule has 0 spiro atoms. The number of aromatic nitrogens is 2. The van der Waals surface area contributed by atoms with Gasteiger partial charge in [-0.15, -0.1) is 11.3 Å². The number of thiophene rings is 1. The minimum absolute atomic E-state index is 0.00996. The fourth-order valence-electron chi connectivity index (χ4n) is 1.82. The van der Waals surface area contributed by atoms with Gasteiger partial charge in [0.15, 0.2) is 5.82 Å². The van der Waals surface area contributed by atoms with E-state index in [4.69, 9.17) is 23.2 Å². The van der Waals surface area contributed by atoms with Crippen molar-refractivity contribution in [1.29, 1.82) is 0 Å². The molecule has 0 aliphatic carbocycles. The number of nitrogens with one attached hydrogen (secondary N) is 2. The fraction of sp³-hybridized carbons (Fsp3) is 0. The molecule has 0 atom stereocenters. The number of nitrogens with zero attached hydrogens (tertiary/aromatic N) is 1. The van der Waals surface area contributed by atoms with Crippen LogP contribution in [0.3, 0.4) is 0 Å². The Kier molecular flexibility index (Phi) is 4.15. The molecular weight excluding hydrogens is 348 g/mol. The molecule has 2 aromatic heterocycles. The first kappa shape index (κ1) is 15.0. The van der Waals surface area contributed by atoms with Crippen LogP contribution in [0.15, 0.2) is 35.7 Å². The summed E-state index contributed by atoms with van der Waals surface area (Å²) in [4.78, 5) is 13.1. The van der Waals surface area contributed by atoms with Crippen molar-refractivity contribution >= 4 is 46.3 Å². The van der Waals surface area contributed by atoms with Crippen LogP contribution in [0, 0.1) is 5.82 Å². The number of rotatable bonds is 3. The maximum Gasteiger partial charge on any atom is 0.258 e. The van der Waals surface area contributed by atoms with Crippen LogP contribution in [-0.4, -0.2) is 16.1 Å². The molecule has 1 amide bonds. The molecule has 4 nitrogen and oxygen atoms in total. The zero-order valence-corrected chi connectivity index (χ0v) is 13.2. The Labute approximate surface area is 138 Å². The predicted octanol–water partition coefficient (Wildman–Crippen LogP) is 4.84. The lowest BCUT2D eigenvalue weighted by Gasteiger charge is -2.05. The van der Waals surface area contributed by atoms with Gasteiger partial charge < -0.3 is 5.32 Å². The summed E-state index contributed by atoms with van der Waals surface area (Å²) in [5.41, 5.74) is 0.767. The summed E-state index contributed by atoms with van der Waals surface area (Å²) < 4.78 is 13.5. The van der Waals surface area contributed by atoms with E-state index in [2.05, 4.69) is 15.5 Å². The Morgan fingerprint density at radius 2 is 2.09 bits per heavy atom. The van der Waals surface area contributed by atoms with Gasteiger partial charge in [0.2, 0.25) is 0 Å². The number of carbonyl (C=O) groups is 1. The third-order valence-electron chi connectivity index (χ3n) is 2.86. The molecule has 0 unspecified atom stereocenters. The van der Waals surface area contributed by atoms with Crippen molar-refractivity contribution in [3.8, 4) is 10.6 Å². The van der Waals surface area contributed by atoms with Crippen LogP contribution in [0.25, 0.3) is 10.6 Å². The van der Waals surface area contributed by atoms with E-state index < -0.39 is 11.7 Å². The second-order valence-electron chi connectivity index (χ2n) is 4.34. The standard InChI is InChI=1S/C14H8Cl2FN3OS/c15-8-5-9(16)10(17)4-7(8)14(21)18-13-6-11(19-20-13)12-2-1-3-22-12/h1-6H,(H2,18,19,20,21). The van der Waals surface area contributed by atoms with Gasteiger partial charge in [-0.05, 0) is 23.6 Å². The molecule has 112 valence electrons. The number of H-pyrrole nitrogens is 1. The second kappa shape index (κ2) is 6.08. The number of aromatic amines is 1. The van der Waals surface area contributed by atoms with Crippen LogP contribution >= 0.6 is 34.5 Å². The normalized spacial score (nSPS) is 10.7. The summed E-state index contributed by atoms with van der Waals surface area (Å²) in [7, 11) is 0. The zero-order chi connectivity index (χ0) is 15.7. The Morgan fingerprint density at radius 1 is 1.27 bits per heavy atom. The highest BCUT2D eigenvalue weighted by Gasteiger charge is 2.16. The number of hydrogen-bond donors (Lipinski definition) is 2. The van der Waals surface area contributed by atoms with E-state index >= 15 is 0 Å². The van der Waals surface area contributed by atoms with Crippen molar-refractivity contribution < 1.29 is 9.18 Å². The van der Waals surface area contributed by atoms with Gasteiger partial charge in [0.25, 0.3) is 5.91 Å². The lowest BCUT2D eigenvalue weighted by molar-refractivity contribution is 0.102. The molecular formula is C14H8Cl2FN3OS. The van der Waals surface area contributed by atoms with Gasteiger partial charge in [-0.25, -0.2) is 4.39 Å². The molecule has 0 fully saturated rings. The number of halogens is 3. The Bertz CT molecular complexity index is 833. The average Bonchev–Trinajstić information content (AvgIpc) is 3.13. The van der Waals surface area contributed by atoms with Gasteiger partial charge in [0.1, 0.15) is 5.82 Å². The maximum absolute atomic E-state index is 13.5. The molecule has 3 aromatic rings. The molecule has 22 heavy (non-hydrogen) atoms. The third-order valence-corrected chi connectivity index (χ3v) is 4.37. The lowest BCUT2D eigenvalue weighted by atomic mass is 10.2. The van der Waals surface area contributed by atoms with Crippen molar-refractivity contribution in [3.05, 3.63) is 57.1 Å². The van der Waals surface area contributed by atoms with Crippen molar-refractivity contribution in [2.45, 2.75) is 0 Å². The predicted molar refractivity (Wildman–Crippen MR) is 86.3 cm³/mol. The van der Waals surface area contributed by atoms with Gasteiger partial charge in [-0.2, -0.15) is 5.10 Å². The Balaban J connectivity index is 1.82. The molecule has 0 radical (unpaired) electrons. The van der Waals surface area contributed by atoms with E-state index in [1.54, 1.807) is 17.4 Å². The van der Waals surface area contributed by atoms with Crippen LogP contribution in [0.4, 0.5) is 10.2 Å². The van der Waals surface area contributed by atoms with Crippen LogP contribution in [0.1, 0.15) is 10.4 Å². The van der Waals surface area contributed by atoms with Gasteiger partial charge >= 0.3 is 0 Å². The average molecular weight is 356 g/mol. The van der Waals surface area contributed by atoms with E-state index in [0.29, 0.717) is 5.82 Å². The number of benzene rings is 1. The van der Waals surface area contributed by atoms with E-state index in [-0.39, 0.29) is 15.6 Å². The molecule has 1 aromatic carbocycles. The Hall–Kier alpha value is -1.89. The number of amides is 1. The molecule has 2 N–H and O–H groups in total. The summed E-state index contributed by atoms with van der Waals surface area (Å²) in [5, 5.41) is 11.2. The largest absolute Gasteiger partial charge is 0.305 e. The molecule has 0 bridgehead atoms. The summed E-state index contributed by atoms with van der Waals surface area (Å²) in [6.45, 7) is 0. The van der Waals surface area contributed by atoms with E-state index in [9.17, 15) is 9.18 Å². The first-order chi connectivity index (χ1) is 10.5. The lowest BCUT2D eigenvalue weighted by Crippen LogP contribution is -2.13. The van der Waals surface area contributed by atoms with Crippen molar-refractivity contribution in [2.24, 2.45) is 0 Å². The van der Waals surface area contributed by atoms with Crippen LogP contribution in [0.5, 0.6) is 0 Å². The second-order valence-corrected chi connectivity index (χ2v) is 6.11. The van der Waals surface area contributed by atoms with E-state index in [1.807, 2.05) is 17.5 Å². The third kappa shape index (κ3) is 2.99. The summed E-state index contributed by atoms with van der Waals surface area (Å²) in [6.07, 6.45) is 0. The maximum atomic E-state index is 13.5. The van der Waals surface area contributed by atoms with Crippen molar-refractivity contribution in [2.75, 3.05) is 5.32 Å². The molecule has 0 aliphatic heterocycles. The SMILES string of the molecule is O=C(Nc1cc(-c2cccs2)[nH]n1)c1cc(F)c(Cl)cc1Cl. The quantitative estimate of drug-likeness (QED) is 0.660. The first-order valence-corrected chi connectivity index (χ1v) is 7.73. The number of carbonyl (C=O) groups excluding carboxylic acids is 1. The summed E-state index contributed by atoms with van der Waals surface area (Å²) in [6, 6.07) is 7.70. The van der Waals surface area contributed by atoms with Crippen LogP contribution in [0.2, 0.25) is 10.0 Å². The van der Waals surface area contributed by atoms with E-state index in [0.717, 1.165) is 16.6 Å². The van der Waals surface area contributed by atoms with Crippen molar-refractivity contribution in [1.82, 2.24) is 10.2 Å².